The number of nitrogens with zero attached hydrogens (tertiary/aromatic N) is 4. The van der Waals surface area contributed by atoms with E-state index in [1.807, 2.05) is 30.3 Å². The van der Waals surface area contributed by atoms with Crippen molar-refractivity contribution in [1.82, 2.24) is 19.7 Å². The van der Waals surface area contributed by atoms with Gasteiger partial charge < -0.3 is 13.9 Å². The van der Waals surface area contributed by atoms with Crippen LogP contribution in [0.4, 0.5) is 0 Å². The lowest BCUT2D eigenvalue weighted by molar-refractivity contribution is 0.174. The maximum absolute atomic E-state index is 5.67. The highest BCUT2D eigenvalue weighted by atomic mass is 79.9. The maximum atomic E-state index is 5.67. The molecule has 0 amide bonds. The molecule has 0 saturated carbocycles. The van der Waals surface area contributed by atoms with E-state index in [4.69, 9.17) is 18.9 Å². The third-order valence-corrected chi connectivity index (χ3v) is 6.84. The van der Waals surface area contributed by atoms with Gasteiger partial charge in [0.05, 0.1) is 5.69 Å². The summed E-state index contributed by atoms with van der Waals surface area (Å²) in [5.74, 6) is 3.65. The van der Waals surface area contributed by atoms with Crippen LogP contribution in [0.3, 0.4) is 0 Å². The fourth-order valence-electron chi connectivity index (χ4n) is 3.12. The number of thiazole rings is 1. The number of hydrogen-bond acceptors (Lipinski definition) is 8. The predicted molar refractivity (Wildman–Crippen MR) is 119 cm³/mol. The first-order chi connectivity index (χ1) is 14.6. The van der Waals surface area contributed by atoms with Gasteiger partial charge in [-0.15, -0.1) is 21.5 Å². The second kappa shape index (κ2) is 8.09. The summed E-state index contributed by atoms with van der Waals surface area (Å²) in [6, 6.07) is 9.84. The Morgan fingerprint density at radius 3 is 2.83 bits per heavy atom. The van der Waals surface area contributed by atoms with E-state index in [0.29, 0.717) is 16.2 Å². The molecule has 0 spiro atoms. The van der Waals surface area contributed by atoms with E-state index in [1.165, 1.54) is 0 Å². The third kappa shape index (κ3) is 3.75. The molecule has 1 aliphatic heterocycles. The molecule has 1 aromatic carbocycles. The molecule has 0 fully saturated rings. The minimum absolute atomic E-state index is 0.195. The van der Waals surface area contributed by atoms with E-state index >= 15 is 0 Å². The Hall–Kier alpha value is -2.30. The fraction of sp³-hybridized carbons (Fsp3) is 0.250. The Bertz CT molecular complexity index is 1200. The summed E-state index contributed by atoms with van der Waals surface area (Å²) in [5, 5.41) is 12.6. The van der Waals surface area contributed by atoms with Crippen molar-refractivity contribution in [1.29, 1.82) is 0 Å². The Morgan fingerprint density at radius 1 is 1.17 bits per heavy atom. The zero-order valence-electron chi connectivity index (χ0n) is 16.2. The Morgan fingerprint density at radius 2 is 2.03 bits per heavy atom. The highest BCUT2D eigenvalue weighted by Crippen LogP contribution is 2.37. The number of hydrogen-bond donors (Lipinski definition) is 0. The lowest BCUT2D eigenvalue weighted by Crippen LogP contribution is -2.04. The SMILES string of the molecule is CC(C)n1c(SCc2csc(-c3ccc4c(c3)OCO4)n2)nnc1-c1ccc(Br)o1. The van der Waals surface area contributed by atoms with Gasteiger partial charge in [-0.2, -0.15) is 0 Å². The average Bonchev–Trinajstić information content (AvgIpc) is 3.50. The quantitative estimate of drug-likeness (QED) is 0.297. The van der Waals surface area contributed by atoms with Gasteiger partial charge in [0, 0.05) is 22.7 Å². The molecule has 30 heavy (non-hydrogen) atoms. The normalized spacial score (nSPS) is 12.8. The van der Waals surface area contributed by atoms with Crippen LogP contribution in [0.5, 0.6) is 11.5 Å². The number of halogens is 1. The van der Waals surface area contributed by atoms with Gasteiger partial charge >= 0.3 is 0 Å². The van der Waals surface area contributed by atoms with Crippen molar-refractivity contribution in [3.63, 3.8) is 0 Å². The smallest absolute Gasteiger partial charge is 0.231 e. The number of aromatic nitrogens is 4. The van der Waals surface area contributed by atoms with Gasteiger partial charge in [0.25, 0.3) is 0 Å². The van der Waals surface area contributed by atoms with E-state index in [1.54, 1.807) is 23.1 Å². The number of furan rings is 1. The second-order valence-corrected chi connectivity index (χ2v) is 9.46. The summed E-state index contributed by atoms with van der Waals surface area (Å²) < 4.78 is 19.3. The molecule has 0 saturated heterocycles. The maximum Gasteiger partial charge on any atom is 0.231 e. The molecule has 7 nitrogen and oxygen atoms in total. The van der Waals surface area contributed by atoms with Crippen molar-refractivity contribution in [3.05, 3.63) is 46.1 Å². The summed E-state index contributed by atoms with van der Waals surface area (Å²) >= 11 is 6.58. The minimum atomic E-state index is 0.195. The van der Waals surface area contributed by atoms with Crippen LogP contribution in [0.2, 0.25) is 0 Å². The zero-order valence-corrected chi connectivity index (χ0v) is 19.4. The molecular weight excluding hydrogens is 488 g/mol. The molecule has 0 unspecified atom stereocenters. The molecule has 4 heterocycles. The van der Waals surface area contributed by atoms with Crippen LogP contribution in [0, 0.1) is 0 Å². The molecule has 0 N–H and O–H groups in total. The first-order valence-corrected chi connectivity index (χ1v) is 11.9. The Balaban J connectivity index is 1.34. The van der Waals surface area contributed by atoms with Gasteiger partial charge in [0.2, 0.25) is 12.6 Å². The summed E-state index contributed by atoms with van der Waals surface area (Å²) in [5.41, 5.74) is 2.02. The molecule has 1 aliphatic rings. The molecule has 0 atom stereocenters. The fourth-order valence-corrected chi connectivity index (χ4v) is 5.31. The second-order valence-electron chi connectivity index (χ2n) is 6.87. The summed E-state index contributed by atoms with van der Waals surface area (Å²) in [7, 11) is 0. The van der Waals surface area contributed by atoms with E-state index in [9.17, 15) is 0 Å². The number of thioether (sulfide) groups is 1. The number of benzene rings is 1. The van der Waals surface area contributed by atoms with Crippen molar-refractivity contribution in [2.24, 2.45) is 0 Å². The van der Waals surface area contributed by atoms with Crippen molar-refractivity contribution in [2.75, 3.05) is 6.79 Å². The van der Waals surface area contributed by atoms with Crippen LogP contribution < -0.4 is 9.47 Å². The van der Waals surface area contributed by atoms with Crippen LogP contribution in [-0.2, 0) is 5.75 Å². The van der Waals surface area contributed by atoms with Gasteiger partial charge in [-0.05, 0) is 60.1 Å². The highest BCUT2D eigenvalue weighted by molar-refractivity contribution is 9.10. The summed E-state index contributed by atoms with van der Waals surface area (Å²) in [6.45, 7) is 4.48. The van der Waals surface area contributed by atoms with Gasteiger partial charge in [-0.25, -0.2) is 4.98 Å². The van der Waals surface area contributed by atoms with Gasteiger partial charge in [0.15, 0.2) is 27.1 Å². The average molecular weight is 505 g/mol. The number of fused-ring (bicyclic) bond motifs is 1. The van der Waals surface area contributed by atoms with Crippen LogP contribution in [0.15, 0.2) is 50.0 Å². The van der Waals surface area contributed by atoms with E-state index < -0.39 is 0 Å². The topological polar surface area (TPSA) is 75.2 Å². The third-order valence-electron chi connectivity index (χ3n) is 4.49. The Kier molecular flexibility index (Phi) is 5.30. The number of rotatable bonds is 6. The molecular formula is C20H17BrN4O3S2. The van der Waals surface area contributed by atoms with Gasteiger partial charge in [-0.1, -0.05) is 11.8 Å². The largest absolute Gasteiger partial charge is 0.454 e. The number of ether oxygens (including phenoxy) is 2. The van der Waals surface area contributed by atoms with E-state index in [2.05, 4.69) is 49.9 Å². The molecule has 0 bridgehead atoms. The highest BCUT2D eigenvalue weighted by Gasteiger charge is 2.20. The molecule has 0 radical (unpaired) electrons. The summed E-state index contributed by atoms with van der Waals surface area (Å²) in [6.07, 6.45) is 0. The monoisotopic (exact) mass is 504 g/mol. The zero-order chi connectivity index (χ0) is 20.7. The Labute approximate surface area is 189 Å². The predicted octanol–water partition coefficient (Wildman–Crippen LogP) is 6.03. The van der Waals surface area contributed by atoms with Crippen LogP contribution in [0.1, 0.15) is 25.6 Å². The lowest BCUT2D eigenvalue weighted by atomic mass is 10.2. The lowest BCUT2D eigenvalue weighted by Gasteiger charge is -2.12. The summed E-state index contributed by atoms with van der Waals surface area (Å²) in [4.78, 5) is 4.78. The van der Waals surface area contributed by atoms with Crippen LogP contribution >= 0.6 is 39.0 Å². The molecule has 10 heteroatoms. The minimum Gasteiger partial charge on any atom is -0.454 e. The molecule has 0 aliphatic carbocycles. The standard InChI is InChI=1S/C20H17BrN4O3S2/c1-11(2)25-18(15-5-6-17(21)28-15)23-24-20(25)30-9-13-8-29-19(22-13)12-3-4-14-16(7-12)27-10-26-14/h3-8,11H,9-10H2,1-2H3. The molecule has 4 aromatic rings. The van der Waals surface area contributed by atoms with Crippen LogP contribution in [0.25, 0.3) is 22.2 Å². The van der Waals surface area contributed by atoms with Crippen molar-refractivity contribution in [2.45, 2.75) is 30.8 Å². The van der Waals surface area contributed by atoms with Gasteiger partial charge in [0.1, 0.15) is 5.01 Å². The molecule has 5 rings (SSSR count). The van der Waals surface area contributed by atoms with Crippen molar-refractivity contribution in [3.8, 4) is 33.7 Å². The molecule has 3 aromatic heterocycles. The van der Waals surface area contributed by atoms with Crippen molar-refractivity contribution < 1.29 is 13.9 Å². The first kappa shape index (κ1) is 19.7. The van der Waals surface area contributed by atoms with E-state index in [-0.39, 0.29) is 12.8 Å². The van der Waals surface area contributed by atoms with Crippen LogP contribution in [-0.4, -0.2) is 26.5 Å². The molecule has 154 valence electrons. The first-order valence-electron chi connectivity index (χ1n) is 9.26. The van der Waals surface area contributed by atoms with Gasteiger partial charge in [-0.3, -0.25) is 4.57 Å². The van der Waals surface area contributed by atoms with E-state index in [0.717, 1.165) is 38.7 Å². The van der Waals surface area contributed by atoms with Crippen molar-refractivity contribution >= 4 is 39.0 Å².